The summed E-state index contributed by atoms with van der Waals surface area (Å²) >= 11 is 1.52. The van der Waals surface area contributed by atoms with E-state index in [1.54, 1.807) is 13.4 Å². The van der Waals surface area contributed by atoms with E-state index in [0.717, 1.165) is 22.0 Å². The van der Waals surface area contributed by atoms with E-state index in [9.17, 15) is 0 Å². The van der Waals surface area contributed by atoms with Crippen LogP contribution < -0.4 is 10.1 Å². The number of nitrogens with zero attached hydrogens (tertiary/aromatic N) is 3. The predicted molar refractivity (Wildman–Crippen MR) is 93.4 cm³/mol. The summed E-state index contributed by atoms with van der Waals surface area (Å²) in [5.41, 5.74) is 1.62. The summed E-state index contributed by atoms with van der Waals surface area (Å²) in [4.78, 5) is 4.51. The van der Waals surface area contributed by atoms with Crippen LogP contribution in [0, 0.1) is 0 Å². The zero-order chi connectivity index (χ0) is 17.1. The molecule has 3 heterocycles. The fraction of sp³-hybridized carbons (Fsp3) is 0.118. The van der Waals surface area contributed by atoms with Crippen LogP contribution in [0.5, 0.6) is 5.75 Å². The molecule has 0 radical (unpaired) electrons. The monoisotopic (exact) mass is 354 g/mol. The molecule has 0 atom stereocenters. The zero-order valence-corrected chi connectivity index (χ0v) is 14.1. The van der Waals surface area contributed by atoms with Crippen molar-refractivity contribution >= 4 is 17.4 Å². The van der Waals surface area contributed by atoms with Crippen molar-refractivity contribution in [1.29, 1.82) is 0 Å². The minimum absolute atomic E-state index is 0.327. The number of hydrogen-bond acceptors (Lipinski definition) is 8. The van der Waals surface area contributed by atoms with Crippen molar-refractivity contribution in [3.63, 3.8) is 0 Å². The van der Waals surface area contributed by atoms with Gasteiger partial charge in [-0.2, -0.15) is 0 Å². The highest BCUT2D eigenvalue weighted by Gasteiger charge is 2.13. The number of rotatable bonds is 6. The molecular weight excluding hydrogens is 340 g/mol. The Morgan fingerprint density at radius 1 is 1.16 bits per heavy atom. The molecule has 0 aliphatic heterocycles. The molecule has 0 aliphatic carbocycles. The zero-order valence-electron chi connectivity index (χ0n) is 13.3. The Labute approximate surface area is 147 Å². The van der Waals surface area contributed by atoms with Gasteiger partial charge in [0.2, 0.25) is 0 Å². The minimum atomic E-state index is 0.327. The van der Waals surface area contributed by atoms with Crippen LogP contribution in [0.25, 0.3) is 22.2 Å². The van der Waals surface area contributed by atoms with E-state index in [4.69, 9.17) is 13.6 Å². The standard InChI is InChI=1S/C17H14N4O3S/c1-22-13-6-3-2-5-12(13)15-20-21-17(24-15)18-9-11-10-25-16(19-11)14-7-4-8-23-14/h2-8,10H,9H2,1H3,(H,18,21). The molecule has 0 fully saturated rings. The lowest BCUT2D eigenvalue weighted by atomic mass is 10.2. The summed E-state index contributed by atoms with van der Waals surface area (Å²) in [6.45, 7) is 0.477. The normalized spacial score (nSPS) is 10.8. The summed E-state index contributed by atoms with van der Waals surface area (Å²) in [6, 6.07) is 11.5. The van der Waals surface area contributed by atoms with Crippen molar-refractivity contribution in [1.82, 2.24) is 15.2 Å². The van der Waals surface area contributed by atoms with Gasteiger partial charge < -0.3 is 18.9 Å². The number of anilines is 1. The number of aromatic nitrogens is 3. The third-order valence-corrected chi connectivity index (χ3v) is 4.37. The molecule has 4 rings (SSSR count). The number of methoxy groups -OCH3 is 1. The second-order valence-corrected chi connectivity index (χ2v) is 5.95. The fourth-order valence-electron chi connectivity index (χ4n) is 2.29. The van der Waals surface area contributed by atoms with Crippen LogP contribution in [0.1, 0.15) is 5.69 Å². The third kappa shape index (κ3) is 3.24. The van der Waals surface area contributed by atoms with Crippen LogP contribution in [-0.4, -0.2) is 22.3 Å². The summed E-state index contributed by atoms with van der Waals surface area (Å²) in [5, 5.41) is 14.0. The highest BCUT2D eigenvalue weighted by atomic mass is 32.1. The smallest absolute Gasteiger partial charge is 0.316 e. The number of thiazole rings is 1. The average Bonchev–Trinajstić information content (AvgIpc) is 3.40. The Hall–Kier alpha value is -3.13. The van der Waals surface area contributed by atoms with Gasteiger partial charge >= 0.3 is 6.01 Å². The van der Waals surface area contributed by atoms with Gasteiger partial charge in [0.05, 0.1) is 31.2 Å². The van der Waals surface area contributed by atoms with Crippen molar-refractivity contribution < 1.29 is 13.6 Å². The number of nitrogens with one attached hydrogen (secondary N) is 1. The van der Waals surface area contributed by atoms with Crippen molar-refractivity contribution in [2.24, 2.45) is 0 Å². The van der Waals surface area contributed by atoms with Crippen LogP contribution >= 0.6 is 11.3 Å². The van der Waals surface area contributed by atoms with Gasteiger partial charge in [0, 0.05) is 5.38 Å². The summed E-state index contributed by atoms with van der Waals surface area (Å²) < 4.78 is 16.3. The molecule has 0 aliphatic rings. The molecule has 0 saturated heterocycles. The lowest BCUT2D eigenvalue weighted by Crippen LogP contribution is -1.99. The lowest BCUT2D eigenvalue weighted by molar-refractivity contribution is 0.414. The van der Waals surface area contributed by atoms with Crippen LogP contribution in [-0.2, 0) is 6.54 Å². The molecule has 0 bridgehead atoms. The molecule has 1 N–H and O–H groups in total. The summed E-state index contributed by atoms with van der Waals surface area (Å²) in [5.74, 6) is 1.84. The summed E-state index contributed by atoms with van der Waals surface area (Å²) in [6.07, 6.45) is 1.63. The topological polar surface area (TPSA) is 86.2 Å². The van der Waals surface area contributed by atoms with E-state index < -0.39 is 0 Å². The Kier molecular flexibility index (Phi) is 4.17. The molecule has 7 nitrogen and oxygen atoms in total. The largest absolute Gasteiger partial charge is 0.496 e. The minimum Gasteiger partial charge on any atom is -0.496 e. The van der Waals surface area contributed by atoms with Gasteiger partial charge in [0.1, 0.15) is 5.75 Å². The Balaban J connectivity index is 1.45. The quantitative estimate of drug-likeness (QED) is 0.558. The third-order valence-electron chi connectivity index (χ3n) is 3.47. The molecule has 0 unspecified atom stereocenters. The Morgan fingerprint density at radius 3 is 2.92 bits per heavy atom. The maximum Gasteiger partial charge on any atom is 0.316 e. The number of benzene rings is 1. The van der Waals surface area contributed by atoms with E-state index in [-0.39, 0.29) is 0 Å². The lowest BCUT2D eigenvalue weighted by Gasteiger charge is -2.03. The van der Waals surface area contributed by atoms with E-state index in [2.05, 4.69) is 20.5 Å². The number of furan rings is 1. The first-order valence-electron chi connectivity index (χ1n) is 7.52. The van der Waals surface area contributed by atoms with Gasteiger partial charge in [-0.3, -0.25) is 0 Å². The fourth-order valence-corrected chi connectivity index (χ4v) is 3.08. The molecule has 8 heteroatoms. The van der Waals surface area contributed by atoms with Gasteiger partial charge in [-0.25, -0.2) is 4.98 Å². The molecule has 3 aromatic heterocycles. The van der Waals surface area contributed by atoms with Crippen LogP contribution in [0.4, 0.5) is 6.01 Å². The first-order valence-corrected chi connectivity index (χ1v) is 8.40. The number of para-hydroxylation sites is 1. The van der Waals surface area contributed by atoms with Gasteiger partial charge in [-0.1, -0.05) is 17.2 Å². The first kappa shape index (κ1) is 15.4. The molecule has 126 valence electrons. The van der Waals surface area contributed by atoms with Gasteiger partial charge in [-0.15, -0.1) is 16.4 Å². The first-order chi connectivity index (χ1) is 12.3. The highest BCUT2D eigenvalue weighted by molar-refractivity contribution is 7.13. The van der Waals surface area contributed by atoms with Crippen LogP contribution in [0.3, 0.4) is 0 Å². The number of hydrogen-bond donors (Lipinski definition) is 1. The molecule has 4 aromatic rings. The molecule has 25 heavy (non-hydrogen) atoms. The Bertz CT molecular complexity index is 962. The van der Waals surface area contributed by atoms with Gasteiger partial charge in [-0.05, 0) is 24.3 Å². The average molecular weight is 354 g/mol. The van der Waals surface area contributed by atoms with Crippen molar-refractivity contribution in [2.75, 3.05) is 12.4 Å². The molecule has 1 aromatic carbocycles. The predicted octanol–water partition coefficient (Wildman–Crippen LogP) is 4.07. The van der Waals surface area contributed by atoms with E-state index in [0.29, 0.717) is 24.2 Å². The molecule has 0 spiro atoms. The van der Waals surface area contributed by atoms with E-state index >= 15 is 0 Å². The van der Waals surface area contributed by atoms with Crippen molar-refractivity contribution in [2.45, 2.75) is 6.54 Å². The second kappa shape index (κ2) is 6.78. The van der Waals surface area contributed by atoms with Crippen molar-refractivity contribution in [3.05, 3.63) is 53.7 Å². The van der Waals surface area contributed by atoms with Crippen LogP contribution in [0.15, 0.2) is 56.9 Å². The van der Waals surface area contributed by atoms with Crippen LogP contribution in [0.2, 0.25) is 0 Å². The van der Waals surface area contributed by atoms with E-state index in [1.165, 1.54) is 11.3 Å². The maximum absolute atomic E-state index is 5.66. The molecular formula is C17H14N4O3S. The maximum atomic E-state index is 5.66. The molecule has 0 amide bonds. The van der Waals surface area contributed by atoms with Gasteiger partial charge in [0.15, 0.2) is 10.8 Å². The summed E-state index contributed by atoms with van der Waals surface area (Å²) in [7, 11) is 1.60. The Morgan fingerprint density at radius 2 is 2.08 bits per heavy atom. The van der Waals surface area contributed by atoms with Crippen molar-refractivity contribution in [3.8, 4) is 28.0 Å². The highest BCUT2D eigenvalue weighted by Crippen LogP contribution is 2.29. The van der Waals surface area contributed by atoms with E-state index in [1.807, 2.05) is 41.8 Å². The van der Waals surface area contributed by atoms with Gasteiger partial charge in [0.25, 0.3) is 5.89 Å². The number of ether oxygens (including phenoxy) is 1. The second-order valence-electron chi connectivity index (χ2n) is 5.09. The SMILES string of the molecule is COc1ccccc1-c1nnc(NCc2csc(-c3ccco3)n2)o1. The molecule has 0 saturated carbocycles.